The number of nitrogens with one attached hydrogen (secondary N) is 2. The molecule has 0 saturated heterocycles. The first-order valence-corrected chi connectivity index (χ1v) is 17.5. The fourth-order valence-corrected chi connectivity index (χ4v) is 7.44. The summed E-state index contributed by atoms with van der Waals surface area (Å²) in [5, 5.41) is 14.4. The fraction of sp³-hybridized carbons (Fsp3) is 0.0652. The number of nitrogens with zero attached hydrogens (tertiary/aromatic N) is 2. The summed E-state index contributed by atoms with van der Waals surface area (Å²) in [6, 6.07) is 37.9. The molecule has 2 aliphatic heterocycles. The lowest BCUT2D eigenvalue weighted by atomic mass is 9.99. The average molecular weight is 660 g/mol. The molecule has 4 heterocycles. The molecule has 0 fully saturated rings. The number of hydrogen-bond donors (Lipinski definition) is 3. The third-order valence-electron chi connectivity index (χ3n) is 9.98. The van der Waals surface area contributed by atoms with Crippen molar-refractivity contribution in [2.24, 2.45) is 5.73 Å². The predicted molar refractivity (Wildman–Crippen MR) is 214 cm³/mol. The average Bonchev–Trinajstić information content (AvgIpc) is 3.53. The Kier molecular flexibility index (Phi) is 7.78. The van der Waals surface area contributed by atoms with Crippen LogP contribution in [0.3, 0.4) is 0 Å². The van der Waals surface area contributed by atoms with Crippen LogP contribution < -0.4 is 16.4 Å². The van der Waals surface area contributed by atoms with Gasteiger partial charge in [-0.05, 0) is 77.0 Å². The number of allylic oxidation sites excluding steroid dienone is 7. The lowest BCUT2D eigenvalue weighted by Gasteiger charge is -2.19. The molecule has 0 bridgehead atoms. The van der Waals surface area contributed by atoms with E-state index in [1.807, 2.05) is 18.3 Å². The van der Waals surface area contributed by atoms with Crippen LogP contribution in [0.25, 0.3) is 66.0 Å². The Morgan fingerprint density at radius 1 is 0.804 bits per heavy atom. The van der Waals surface area contributed by atoms with E-state index in [1.54, 1.807) is 6.20 Å². The lowest BCUT2D eigenvalue weighted by molar-refractivity contribution is 0.737. The molecule has 7 aromatic rings. The molecular weight excluding hydrogens is 623 g/mol. The molecular formula is C46H37N5. The minimum absolute atomic E-state index is 0.0740. The van der Waals surface area contributed by atoms with E-state index in [9.17, 15) is 0 Å². The minimum atomic E-state index is 0.0740. The summed E-state index contributed by atoms with van der Waals surface area (Å²) < 4.78 is 2.48. The number of dihydropyridines is 2. The number of pyridine rings is 1. The number of fused-ring (bicyclic) bond motifs is 6. The molecule has 4 N–H and O–H groups in total. The molecule has 5 heteroatoms. The smallest absolute Gasteiger partial charge is 0.0702 e. The van der Waals surface area contributed by atoms with Gasteiger partial charge in [0.25, 0.3) is 0 Å². The van der Waals surface area contributed by atoms with E-state index >= 15 is 0 Å². The molecule has 5 nitrogen and oxygen atoms in total. The molecule has 2 aliphatic rings. The quantitative estimate of drug-likeness (QED) is 0.149. The standard InChI is InChI=1S/C46H37N5/c47-25-6-1-2-9-31-15-23-42(49-29-31)35-18-21-39-40-22-16-33-27-34(43-24-19-36(30-50-43)41-13-5-7-26-48-41)17-20-38(33)46(40)51(45(39)28-35)44-14-8-11-32-10-3-4-12-37(32)44/h1-8,10-25,27-30,42,48-49H,9,26,47H2/b2-1-,25-6-. The summed E-state index contributed by atoms with van der Waals surface area (Å²) in [5.41, 5.74) is 15.7. The molecule has 246 valence electrons. The van der Waals surface area contributed by atoms with Crippen LogP contribution >= 0.6 is 0 Å². The van der Waals surface area contributed by atoms with E-state index in [1.165, 1.54) is 60.2 Å². The maximum atomic E-state index is 5.47. The van der Waals surface area contributed by atoms with Crippen LogP contribution in [0.15, 0.2) is 176 Å². The summed E-state index contributed by atoms with van der Waals surface area (Å²) in [4.78, 5) is 4.87. The molecule has 1 atom stereocenters. The summed E-state index contributed by atoms with van der Waals surface area (Å²) in [6.07, 6.45) is 23.2. The van der Waals surface area contributed by atoms with Crippen LogP contribution in [0.2, 0.25) is 0 Å². The normalized spacial score (nSPS) is 16.0. The first kappa shape index (κ1) is 30.5. The van der Waals surface area contributed by atoms with Crippen molar-refractivity contribution in [3.05, 3.63) is 187 Å². The summed E-state index contributed by atoms with van der Waals surface area (Å²) in [6.45, 7) is 0.836. The van der Waals surface area contributed by atoms with E-state index in [0.29, 0.717) is 0 Å². The predicted octanol–water partition coefficient (Wildman–Crippen LogP) is 10.2. The highest BCUT2D eigenvalue weighted by atomic mass is 15.0. The zero-order chi connectivity index (χ0) is 34.1. The monoisotopic (exact) mass is 659 g/mol. The van der Waals surface area contributed by atoms with Gasteiger partial charge in [-0.25, -0.2) is 0 Å². The van der Waals surface area contributed by atoms with Crippen LogP contribution in [-0.4, -0.2) is 16.1 Å². The SMILES string of the molecule is N/C=C\C=C/CC1=CNC(c2ccc3c4ccc5cc(-c6ccc(C7=CC=CCN7)cn6)ccc5c4n(-c4cccc5ccccc45)c3c2)C=C1. The molecule has 2 aromatic heterocycles. The molecule has 0 aliphatic carbocycles. The number of rotatable bonds is 7. The van der Waals surface area contributed by atoms with Crippen LogP contribution in [0.5, 0.6) is 0 Å². The lowest BCUT2D eigenvalue weighted by Crippen LogP contribution is -2.16. The molecule has 9 rings (SSSR count). The van der Waals surface area contributed by atoms with Gasteiger partial charge in [0.15, 0.2) is 0 Å². The van der Waals surface area contributed by atoms with E-state index in [2.05, 4.69) is 161 Å². The molecule has 0 spiro atoms. The maximum Gasteiger partial charge on any atom is 0.0702 e. The Balaban J connectivity index is 1.17. The first-order valence-electron chi connectivity index (χ1n) is 17.5. The van der Waals surface area contributed by atoms with Gasteiger partial charge in [0.1, 0.15) is 0 Å². The zero-order valence-electron chi connectivity index (χ0n) is 28.1. The van der Waals surface area contributed by atoms with Gasteiger partial charge in [-0.3, -0.25) is 4.98 Å². The topological polar surface area (TPSA) is 67.9 Å². The van der Waals surface area contributed by atoms with Gasteiger partial charge in [0, 0.05) is 57.3 Å². The fourth-order valence-electron chi connectivity index (χ4n) is 7.44. The van der Waals surface area contributed by atoms with Crippen molar-refractivity contribution in [1.82, 2.24) is 20.2 Å². The van der Waals surface area contributed by atoms with Crippen molar-refractivity contribution >= 4 is 49.0 Å². The highest BCUT2D eigenvalue weighted by Crippen LogP contribution is 2.40. The van der Waals surface area contributed by atoms with E-state index < -0.39 is 0 Å². The molecule has 51 heavy (non-hydrogen) atoms. The molecule has 0 saturated carbocycles. The Hall–Kier alpha value is -6.59. The maximum absolute atomic E-state index is 5.47. The van der Waals surface area contributed by atoms with Crippen molar-refractivity contribution in [3.8, 4) is 16.9 Å². The first-order chi connectivity index (χ1) is 25.2. The largest absolute Gasteiger partial charge is 0.405 e. The number of benzene rings is 5. The minimum Gasteiger partial charge on any atom is -0.405 e. The summed E-state index contributed by atoms with van der Waals surface area (Å²) in [5.74, 6) is 0. The summed E-state index contributed by atoms with van der Waals surface area (Å²) in [7, 11) is 0. The van der Waals surface area contributed by atoms with Crippen molar-refractivity contribution < 1.29 is 0 Å². The Bertz CT molecular complexity index is 2640. The highest BCUT2D eigenvalue weighted by molar-refractivity contribution is 6.19. The van der Waals surface area contributed by atoms with Gasteiger partial charge >= 0.3 is 0 Å². The second-order valence-corrected chi connectivity index (χ2v) is 13.1. The van der Waals surface area contributed by atoms with Gasteiger partial charge in [0.2, 0.25) is 0 Å². The molecule has 0 amide bonds. The van der Waals surface area contributed by atoms with Gasteiger partial charge in [-0.2, -0.15) is 0 Å². The van der Waals surface area contributed by atoms with Gasteiger partial charge in [-0.15, -0.1) is 0 Å². The van der Waals surface area contributed by atoms with Crippen LogP contribution in [0.4, 0.5) is 0 Å². The third-order valence-corrected chi connectivity index (χ3v) is 9.98. The van der Waals surface area contributed by atoms with Crippen LogP contribution in [0, 0.1) is 0 Å². The van der Waals surface area contributed by atoms with E-state index in [-0.39, 0.29) is 6.04 Å². The highest BCUT2D eigenvalue weighted by Gasteiger charge is 2.19. The van der Waals surface area contributed by atoms with Gasteiger partial charge in [0.05, 0.1) is 28.5 Å². The second-order valence-electron chi connectivity index (χ2n) is 13.1. The van der Waals surface area contributed by atoms with E-state index in [4.69, 9.17) is 10.7 Å². The van der Waals surface area contributed by atoms with Crippen LogP contribution in [0.1, 0.15) is 23.6 Å². The van der Waals surface area contributed by atoms with Crippen molar-refractivity contribution in [2.75, 3.05) is 6.54 Å². The number of nitrogens with two attached hydrogens (primary N) is 1. The van der Waals surface area contributed by atoms with Crippen molar-refractivity contribution in [2.45, 2.75) is 12.5 Å². The zero-order valence-corrected chi connectivity index (χ0v) is 28.1. The van der Waals surface area contributed by atoms with Gasteiger partial charge < -0.3 is 20.9 Å². The Morgan fingerprint density at radius 3 is 2.53 bits per heavy atom. The molecule has 5 aromatic carbocycles. The third kappa shape index (κ3) is 5.59. The van der Waals surface area contributed by atoms with Crippen molar-refractivity contribution in [3.63, 3.8) is 0 Å². The van der Waals surface area contributed by atoms with E-state index in [0.717, 1.165) is 35.5 Å². The van der Waals surface area contributed by atoms with Crippen molar-refractivity contribution in [1.29, 1.82) is 0 Å². The Morgan fingerprint density at radius 2 is 1.69 bits per heavy atom. The number of hydrogen-bond acceptors (Lipinski definition) is 4. The molecule has 1 unspecified atom stereocenters. The molecule has 0 radical (unpaired) electrons. The van der Waals surface area contributed by atoms with Crippen LogP contribution in [-0.2, 0) is 0 Å². The Labute approximate surface area is 297 Å². The second kappa shape index (κ2) is 13.0. The van der Waals surface area contributed by atoms with Gasteiger partial charge in [-0.1, -0.05) is 109 Å². The number of aromatic nitrogens is 2. The summed E-state index contributed by atoms with van der Waals surface area (Å²) >= 11 is 0.